The molecular formula is C21H24N2O5S. The van der Waals surface area contributed by atoms with E-state index in [1.54, 1.807) is 41.3 Å². The highest BCUT2D eigenvalue weighted by molar-refractivity contribution is 7.92. The van der Waals surface area contributed by atoms with Gasteiger partial charge in [-0.1, -0.05) is 18.2 Å². The number of carbonyl (C=O) groups is 1. The maximum Gasteiger partial charge on any atom is 0.261 e. The molecule has 2 aliphatic heterocycles. The molecule has 1 amide bonds. The zero-order valence-corrected chi connectivity index (χ0v) is 16.8. The van der Waals surface area contributed by atoms with Crippen LogP contribution < -0.4 is 4.72 Å². The first-order valence-corrected chi connectivity index (χ1v) is 11.2. The van der Waals surface area contributed by atoms with Crippen LogP contribution in [0.25, 0.3) is 0 Å². The maximum absolute atomic E-state index is 13.1. The lowest BCUT2D eigenvalue weighted by Gasteiger charge is -2.38. The second-order valence-electron chi connectivity index (χ2n) is 7.17. The van der Waals surface area contributed by atoms with Gasteiger partial charge in [-0.15, -0.1) is 0 Å². The summed E-state index contributed by atoms with van der Waals surface area (Å²) in [5, 5.41) is 0. The molecular weight excluding hydrogens is 392 g/mol. The van der Waals surface area contributed by atoms with E-state index in [1.807, 2.05) is 6.07 Å². The predicted octanol–water partition coefficient (Wildman–Crippen LogP) is 2.86. The van der Waals surface area contributed by atoms with Crippen LogP contribution in [0, 0.1) is 0 Å². The Morgan fingerprint density at radius 3 is 2.34 bits per heavy atom. The van der Waals surface area contributed by atoms with E-state index >= 15 is 0 Å². The van der Waals surface area contributed by atoms with E-state index in [9.17, 15) is 13.2 Å². The fourth-order valence-electron chi connectivity index (χ4n) is 3.75. The monoisotopic (exact) mass is 416 g/mol. The van der Waals surface area contributed by atoms with Crippen molar-refractivity contribution in [2.45, 2.75) is 36.5 Å². The maximum atomic E-state index is 13.1. The number of hydrogen-bond donors (Lipinski definition) is 1. The summed E-state index contributed by atoms with van der Waals surface area (Å²) in [7, 11) is -3.72. The summed E-state index contributed by atoms with van der Waals surface area (Å²) < 4.78 is 38.9. The molecule has 0 saturated carbocycles. The van der Waals surface area contributed by atoms with E-state index in [0.717, 1.165) is 19.3 Å². The number of amides is 1. The van der Waals surface area contributed by atoms with Crippen LogP contribution in [0.3, 0.4) is 0 Å². The number of anilines is 1. The van der Waals surface area contributed by atoms with Gasteiger partial charge in [0.1, 0.15) is 0 Å². The molecule has 7 nitrogen and oxygen atoms in total. The summed E-state index contributed by atoms with van der Waals surface area (Å²) in [4.78, 5) is 15.0. The number of piperidine rings is 1. The molecule has 1 atom stereocenters. The molecule has 2 aliphatic rings. The summed E-state index contributed by atoms with van der Waals surface area (Å²) in [5.74, 6) is -0.131. The van der Waals surface area contributed by atoms with Gasteiger partial charge in [0.15, 0.2) is 6.29 Å². The first-order chi connectivity index (χ1) is 14.0. The first kappa shape index (κ1) is 19.9. The Morgan fingerprint density at radius 2 is 1.66 bits per heavy atom. The number of benzene rings is 2. The molecule has 0 aliphatic carbocycles. The van der Waals surface area contributed by atoms with Crippen molar-refractivity contribution < 1.29 is 22.7 Å². The first-order valence-electron chi connectivity index (χ1n) is 9.77. The van der Waals surface area contributed by atoms with Gasteiger partial charge in [-0.2, -0.15) is 0 Å². The Bertz CT molecular complexity index is 941. The Balaban J connectivity index is 1.50. The van der Waals surface area contributed by atoms with Crippen LogP contribution in [0.15, 0.2) is 59.5 Å². The highest BCUT2D eigenvalue weighted by Crippen LogP contribution is 2.26. The topological polar surface area (TPSA) is 84.9 Å². The Morgan fingerprint density at radius 1 is 0.966 bits per heavy atom. The van der Waals surface area contributed by atoms with Crippen molar-refractivity contribution in [1.29, 1.82) is 0 Å². The number of para-hydroxylation sites is 1. The molecule has 0 spiro atoms. The van der Waals surface area contributed by atoms with Crippen LogP contribution in [0.5, 0.6) is 0 Å². The number of nitrogens with one attached hydrogen (secondary N) is 1. The second-order valence-corrected chi connectivity index (χ2v) is 8.85. The summed E-state index contributed by atoms with van der Waals surface area (Å²) >= 11 is 0. The number of hydrogen-bond acceptors (Lipinski definition) is 5. The van der Waals surface area contributed by atoms with Crippen LogP contribution in [0.4, 0.5) is 5.69 Å². The van der Waals surface area contributed by atoms with Gasteiger partial charge in [0.2, 0.25) is 0 Å². The largest absolute Gasteiger partial charge is 0.348 e. The quantitative estimate of drug-likeness (QED) is 0.810. The van der Waals surface area contributed by atoms with Crippen molar-refractivity contribution in [1.82, 2.24) is 4.90 Å². The van der Waals surface area contributed by atoms with Gasteiger partial charge in [0.05, 0.1) is 24.2 Å². The lowest BCUT2D eigenvalue weighted by molar-refractivity contribution is -0.100. The predicted molar refractivity (Wildman–Crippen MR) is 108 cm³/mol. The fraction of sp³-hybridized carbons (Fsp3) is 0.381. The van der Waals surface area contributed by atoms with Gasteiger partial charge in [-0.25, -0.2) is 8.42 Å². The molecule has 4 rings (SSSR count). The molecule has 2 aromatic rings. The third kappa shape index (κ3) is 4.44. The van der Waals surface area contributed by atoms with Crippen LogP contribution >= 0.6 is 0 Å². The van der Waals surface area contributed by atoms with Crippen LogP contribution in [-0.2, 0) is 19.5 Å². The molecule has 8 heteroatoms. The number of carbonyl (C=O) groups excluding carboxylic acids is 1. The molecule has 0 unspecified atom stereocenters. The van der Waals surface area contributed by atoms with E-state index < -0.39 is 10.0 Å². The van der Waals surface area contributed by atoms with Crippen LogP contribution in [0.1, 0.15) is 29.6 Å². The molecule has 0 aromatic heterocycles. The Kier molecular flexibility index (Phi) is 5.84. The minimum atomic E-state index is -3.72. The average Bonchev–Trinajstić information content (AvgIpc) is 3.28. The SMILES string of the molecule is O=C(c1ccc(S(=O)(=O)Nc2ccccc2)cc1)N1CCCC[C@@H]1C1OCCO1. The summed E-state index contributed by atoms with van der Waals surface area (Å²) in [6.07, 6.45) is 2.42. The van der Waals surface area contributed by atoms with Crippen molar-refractivity contribution in [2.75, 3.05) is 24.5 Å². The molecule has 0 radical (unpaired) electrons. The lowest BCUT2D eigenvalue weighted by Crippen LogP contribution is -2.50. The van der Waals surface area contributed by atoms with Crippen molar-refractivity contribution in [2.24, 2.45) is 0 Å². The van der Waals surface area contributed by atoms with Crippen molar-refractivity contribution in [3.8, 4) is 0 Å². The fourth-order valence-corrected chi connectivity index (χ4v) is 4.81. The normalized spacial score (nSPS) is 20.6. The van der Waals surface area contributed by atoms with Crippen molar-refractivity contribution in [3.63, 3.8) is 0 Å². The van der Waals surface area contributed by atoms with Gasteiger partial charge in [-0.3, -0.25) is 9.52 Å². The van der Waals surface area contributed by atoms with Gasteiger partial charge in [0, 0.05) is 17.8 Å². The minimum Gasteiger partial charge on any atom is -0.348 e. The number of nitrogens with zero attached hydrogens (tertiary/aromatic N) is 1. The highest BCUT2D eigenvalue weighted by atomic mass is 32.2. The third-order valence-corrected chi connectivity index (χ3v) is 6.61. The van der Waals surface area contributed by atoms with E-state index in [-0.39, 0.29) is 23.1 Å². The number of ether oxygens (including phenoxy) is 2. The molecule has 29 heavy (non-hydrogen) atoms. The second kappa shape index (κ2) is 8.52. The molecule has 2 fully saturated rings. The van der Waals surface area contributed by atoms with Gasteiger partial charge >= 0.3 is 0 Å². The molecule has 154 valence electrons. The van der Waals surface area contributed by atoms with Crippen LogP contribution in [-0.4, -0.2) is 51.3 Å². The summed E-state index contributed by atoms with van der Waals surface area (Å²) in [6.45, 7) is 1.73. The zero-order valence-electron chi connectivity index (χ0n) is 16.0. The van der Waals surface area contributed by atoms with E-state index in [1.165, 1.54) is 12.1 Å². The average molecular weight is 416 g/mol. The zero-order chi connectivity index (χ0) is 20.3. The molecule has 2 heterocycles. The van der Waals surface area contributed by atoms with Gasteiger partial charge in [-0.05, 0) is 55.7 Å². The van der Waals surface area contributed by atoms with Gasteiger partial charge in [0.25, 0.3) is 15.9 Å². The Labute approximate surface area is 170 Å². The number of sulfonamides is 1. The minimum absolute atomic E-state index is 0.107. The summed E-state index contributed by atoms with van der Waals surface area (Å²) in [6, 6.07) is 14.6. The van der Waals surface area contributed by atoms with Crippen molar-refractivity contribution in [3.05, 3.63) is 60.2 Å². The highest BCUT2D eigenvalue weighted by Gasteiger charge is 2.36. The summed E-state index contributed by atoms with van der Waals surface area (Å²) in [5.41, 5.74) is 0.939. The van der Waals surface area contributed by atoms with E-state index in [4.69, 9.17) is 9.47 Å². The number of rotatable bonds is 5. The van der Waals surface area contributed by atoms with E-state index in [2.05, 4.69) is 4.72 Å². The molecule has 1 N–H and O–H groups in total. The van der Waals surface area contributed by atoms with Crippen LogP contribution in [0.2, 0.25) is 0 Å². The molecule has 0 bridgehead atoms. The number of likely N-dealkylation sites (tertiary alicyclic amines) is 1. The van der Waals surface area contributed by atoms with Gasteiger partial charge < -0.3 is 14.4 Å². The van der Waals surface area contributed by atoms with Crippen molar-refractivity contribution >= 4 is 21.6 Å². The Hall–Kier alpha value is -2.42. The standard InChI is InChI=1S/C21H24N2O5S/c24-20(23-13-5-4-8-19(23)21-27-14-15-28-21)16-9-11-18(12-10-16)29(25,26)22-17-6-2-1-3-7-17/h1-3,6-7,9-12,19,21-22H,4-5,8,13-15H2/t19-/m1/s1. The molecule has 2 saturated heterocycles. The lowest BCUT2D eigenvalue weighted by atomic mass is 10.00. The smallest absolute Gasteiger partial charge is 0.261 e. The van der Waals surface area contributed by atoms with E-state index in [0.29, 0.717) is 31.0 Å². The molecule has 2 aromatic carbocycles. The third-order valence-electron chi connectivity index (χ3n) is 5.21.